The molecule has 0 radical (unpaired) electrons. The second-order valence-electron chi connectivity index (χ2n) is 4.78. The number of hydrogen-bond acceptors (Lipinski definition) is 5. The monoisotopic (exact) mass is 452 g/mol. The molecule has 3 aromatic rings. The van der Waals surface area contributed by atoms with E-state index in [4.69, 9.17) is 13.9 Å². The van der Waals surface area contributed by atoms with Gasteiger partial charge in [0.15, 0.2) is 0 Å². The predicted molar refractivity (Wildman–Crippen MR) is 95.8 cm³/mol. The first-order valence-electron chi connectivity index (χ1n) is 6.77. The van der Waals surface area contributed by atoms with E-state index in [1.807, 2.05) is 0 Å². The van der Waals surface area contributed by atoms with Crippen LogP contribution in [-0.2, 0) is 0 Å². The van der Waals surface area contributed by atoms with Gasteiger partial charge in [-0.15, -0.1) is 0 Å². The molecule has 2 aromatic carbocycles. The van der Waals surface area contributed by atoms with Gasteiger partial charge in [0.25, 0.3) is 0 Å². The van der Waals surface area contributed by atoms with Gasteiger partial charge < -0.3 is 13.9 Å². The van der Waals surface area contributed by atoms with Crippen LogP contribution in [0.1, 0.15) is 10.4 Å². The van der Waals surface area contributed by atoms with Crippen molar-refractivity contribution in [3.05, 3.63) is 67.4 Å². The van der Waals surface area contributed by atoms with Crippen molar-refractivity contribution in [2.24, 2.45) is 0 Å². The number of carbonyl (C=O) groups is 1. The summed E-state index contributed by atoms with van der Waals surface area (Å²) in [4.78, 5) is 24.2. The normalized spacial score (nSPS) is 10.6. The molecule has 7 heteroatoms. The molecule has 0 spiro atoms. The van der Waals surface area contributed by atoms with Gasteiger partial charge in [-0.05, 0) is 40.2 Å². The van der Waals surface area contributed by atoms with E-state index in [1.165, 1.54) is 7.11 Å². The van der Waals surface area contributed by atoms with Gasteiger partial charge in [0.1, 0.15) is 22.6 Å². The molecule has 0 aliphatic heterocycles. The van der Waals surface area contributed by atoms with Crippen molar-refractivity contribution >= 4 is 48.8 Å². The number of carbonyl (C=O) groups excluding carboxylic acids is 1. The zero-order valence-corrected chi connectivity index (χ0v) is 15.5. The molecule has 1 heterocycles. The van der Waals surface area contributed by atoms with Gasteiger partial charge in [0, 0.05) is 4.47 Å². The lowest BCUT2D eigenvalue weighted by Crippen LogP contribution is -2.12. The largest absolute Gasteiger partial charge is 0.495 e. The van der Waals surface area contributed by atoms with E-state index in [0.717, 1.165) is 6.07 Å². The predicted octanol–water partition coefficient (Wildman–Crippen LogP) is 4.55. The highest BCUT2D eigenvalue weighted by Crippen LogP contribution is 2.34. The van der Waals surface area contributed by atoms with E-state index in [-0.39, 0.29) is 11.3 Å². The lowest BCUT2D eigenvalue weighted by Gasteiger charge is -2.11. The number of esters is 1. The molecule has 0 N–H and O–H groups in total. The van der Waals surface area contributed by atoms with Crippen LogP contribution < -0.4 is 15.1 Å². The van der Waals surface area contributed by atoms with E-state index in [9.17, 15) is 9.59 Å². The van der Waals surface area contributed by atoms with Crippen LogP contribution in [0.5, 0.6) is 11.5 Å². The Bertz CT molecular complexity index is 994. The quantitative estimate of drug-likeness (QED) is 0.430. The Morgan fingerprint density at radius 3 is 2.62 bits per heavy atom. The Hall–Kier alpha value is -2.12. The Labute approximate surface area is 153 Å². The van der Waals surface area contributed by atoms with Crippen LogP contribution in [0, 0.1) is 0 Å². The van der Waals surface area contributed by atoms with Gasteiger partial charge in [0.05, 0.1) is 23.0 Å². The molecule has 0 saturated carbocycles. The van der Waals surface area contributed by atoms with Crippen molar-refractivity contribution in [1.82, 2.24) is 0 Å². The molecular weight excluding hydrogens is 444 g/mol. The number of hydrogen-bond donors (Lipinski definition) is 0. The topological polar surface area (TPSA) is 65.7 Å². The molecule has 122 valence electrons. The fourth-order valence-corrected chi connectivity index (χ4v) is 3.63. The third-order valence-electron chi connectivity index (χ3n) is 3.25. The summed E-state index contributed by atoms with van der Waals surface area (Å²) in [5, 5.41) is 0.526. The second-order valence-corrected chi connectivity index (χ2v) is 6.55. The van der Waals surface area contributed by atoms with E-state index in [2.05, 4.69) is 31.9 Å². The van der Waals surface area contributed by atoms with Gasteiger partial charge >= 0.3 is 11.6 Å². The molecule has 0 fully saturated rings. The SMILES string of the molecule is COc1c(Br)cc(Br)cc1C(=O)Oc1cc(=O)oc2ccccc12. The minimum Gasteiger partial charge on any atom is -0.495 e. The van der Waals surface area contributed by atoms with Crippen molar-refractivity contribution in [2.75, 3.05) is 7.11 Å². The first kappa shape index (κ1) is 16.7. The molecule has 3 rings (SSSR count). The molecule has 24 heavy (non-hydrogen) atoms. The van der Waals surface area contributed by atoms with Crippen LogP contribution in [0.3, 0.4) is 0 Å². The molecule has 0 bridgehead atoms. The average molecular weight is 454 g/mol. The van der Waals surface area contributed by atoms with E-state index < -0.39 is 11.6 Å². The first-order valence-corrected chi connectivity index (χ1v) is 8.36. The summed E-state index contributed by atoms with van der Waals surface area (Å²) in [5.41, 5.74) is -0.0369. The van der Waals surface area contributed by atoms with Gasteiger partial charge in [-0.3, -0.25) is 0 Å². The minimum absolute atomic E-state index is 0.130. The lowest BCUT2D eigenvalue weighted by atomic mass is 10.2. The zero-order chi connectivity index (χ0) is 17.3. The Balaban J connectivity index is 2.07. The van der Waals surface area contributed by atoms with E-state index >= 15 is 0 Å². The van der Waals surface area contributed by atoms with Crippen LogP contribution in [-0.4, -0.2) is 13.1 Å². The Kier molecular flexibility index (Phi) is 4.73. The van der Waals surface area contributed by atoms with Crippen LogP contribution >= 0.6 is 31.9 Å². The smallest absolute Gasteiger partial charge is 0.347 e. The van der Waals surface area contributed by atoms with Gasteiger partial charge in [0.2, 0.25) is 0 Å². The molecule has 0 atom stereocenters. The van der Waals surface area contributed by atoms with E-state index in [0.29, 0.717) is 25.7 Å². The lowest BCUT2D eigenvalue weighted by molar-refractivity contribution is 0.0733. The van der Waals surface area contributed by atoms with Gasteiger partial charge in [-0.25, -0.2) is 9.59 Å². The van der Waals surface area contributed by atoms with Crippen molar-refractivity contribution in [3.63, 3.8) is 0 Å². The minimum atomic E-state index is -0.649. The highest BCUT2D eigenvalue weighted by atomic mass is 79.9. The summed E-state index contributed by atoms with van der Waals surface area (Å²) >= 11 is 6.66. The second kappa shape index (κ2) is 6.78. The maximum absolute atomic E-state index is 12.6. The summed E-state index contributed by atoms with van der Waals surface area (Å²) in [5.74, 6) is -0.176. The first-order chi connectivity index (χ1) is 11.5. The van der Waals surface area contributed by atoms with E-state index in [1.54, 1.807) is 36.4 Å². The number of methoxy groups -OCH3 is 1. The molecule has 0 aliphatic rings. The average Bonchev–Trinajstić information content (AvgIpc) is 2.54. The zero-order valence-electron chi connectivity index (χ0n) is 12.3. The maximum atomic E-state index is 12.6. The molecule has 0 saturated heterocycles. The van der Waals surface area contributed by atoms with Crippen molar-refractivity contribution in [1.29, 1.82) is 0 Å². The van der Waals surface area contributed by atoms with Crippen LogP contribution in [0.4, 0.5) is 0 Å². The Morgan fingerprint density at radius 1 is 1.12 bits per heavy atom. The summed E-state index contributed by atoms with van der Waals surface area (Å²) in [6.45, 7) is 0. The number of rotatable bonds is 3. The fourth-order valence-electron chi connectivity index (χ4n) is 2.24. The maximum Gasteiger partial charge on any atom is 0.347 e. The number of para-hydroxylation sites is 1. The van der Waals surface area contributed by atoms with Crippen LogP contribution in [0.15, 0.2) is 60.6 Å². The fraction of sp³-hybridized carbons (Fsp3) is 0.0588. The highest BCUT2D eigenvalue weighted by Gasteiger charge is 2.20. The molecule has 5 nitrogen and oxygen atoms in total. The van der Waals surface area contributed by atoms with Crippen molar-refractivity contribution < 1.29 is 18.7 Å². The molecule has 0 unspecified atom stereocenters. The third-order valence-corrected chi connectivity index (χ3v) is 4.29. The van der Waals surface area contributed by atoms with Crippen molar-refractivity contribution in [2.45, 2.75) is 0 Å². The molecule has 0 amide bonds. The summed E-state index contributed by atoms with van der Waals surface area (Å²) in [6, 6.07) is 11.3. The molecule has 1 aromatic heterocycles. The number of ether oxygens (including phenoxy) is 2. The van der Waals surface area contributed by atoms with Gasteiger partial charge in [-0.2, -0.15) is 0 Å². The van der Waals surface area contributed by atoms with Crippen molar-refractivity contribution in [3.8, 4) is 11.5 Å². The number of fused-ring (bicyclic) bond motifs is 1. The summed E-state index contributed by atoms with van der Waals surface area (Å²) in [7, 11) is 1.46. The standard InChI is InChI=1S/C17H10Br2O5/c1-22-16-11(6-9(18)7-12(16)19)17(21)24-14-8-15(20)23-13-5-3-2-4-10(13)14/h2-8H,1H3. The summed E-state index contributed by atoms with van der Waals surface area (Å²) < 4.78 is 17.0. The molecular formula is C17H10Br2O5. The number of benzene rings is 2. The molecule has 0 aliphatic carbocycles. The summed E-state index contributed by atoms with van der Waals surface area (Å²) in [6.07, 6.45) is 0. The number of halogens is 2. The van der Waals surface area contributed by atoms with Crippen LogP contribution in [0.25, 0.3) is 11.0 Å². The van der Waals surface area contributed by atoms with Crippen LogP contribution in [0.2, 0.25) is 0 Å². The van der Waals surface area contributed by atoms with Gasteiger partial charge in [-0.1, -0.05) is 28.1 Å². The highest BCUT2D eigenvalue weighted by molar-refractivity contribution is 9.11. The third kappa shape index (κ3) is 3.22. The Morgan fingerprint density at radius 2 is 1.88 bits per heavy atom.